The van der Waals surface area contributed by atoms with Crippen molar-refractivity contribution in [3.05, 3.63) is 71.5 Å². The van der Waals surface area contributed by atoms with Crippen molar-refractivity contribution in [3.8, 4) is 11.5 Å². The molecule has 0 unspecified atom stereocenters. The van der Waals surface area contributed by atoms with E-state index in [2.05, 4.69) is 6.07 Å². The number of methoxy groups -OCH3 is 2. The van der Waals surface area contributed by atoms with Gasteiger partial charge in [-0.2, -0.15) is 0 Å². The van der Waals surface area contributed by atoms with Crippen molar-refractivity contribution in [2.75, 3.05) is 34.4 Å². The van der Waals surface area contributed by atoms with Gasteiger partial charge in [0, 0.05) is 20.1 Å². The summed E-state index contributed by atoms with van der Waals surface area (Å²) in [6, 6.07) is 17.0. The zero-order chi connectivity index (χ0) is 22.4. The maximum absolute atomic E-state index is 14.0. The van der Waals surface area contributed by atoms with Gasteiger partial charge in [-0.15, -0.1) is 0 Å². The van der Waals surface area contributed by atoms with E-state index >= 15 is 0 Å². The van der Waals surface area contributed by atoms with Crippen molar-refractivity contribution < 1.29 is 18.7 Å². The van der Waals surface area contributed by atoms with Crippen molar-refractivity contribution in [2.24, 2.45) is 0 Å². The van der Waals surface area contributed by atoms with Gasteiger partial charge in [0.15, 0.2) is 11.6 Å². The van der Waals surface area contributed by atoms with E-state index in [1.54, 1.807) is 25.1 Å². The first-order valence-corrected chi connectivity index (χ1v) is 10.3. The van der Waals surface area contributed by atoms with Gasteiger partial charge in [0.25, 0.3) is 0 Å². The number of hydrogen-bond donors (Lipinski definition) is 0. The van der Waals surface area contributed by atoms with Gasteiger partial charge in [-0.05, 0) is 58.8 Å². The summed E-state index contributed by atoms with van der Waals surface area (Å²) in [5.41, 5.74) is 1.87. The molecule has 3 rings (SSSR count). The highest BCUT2D eigenvalue weighted by molar-refractivity contribution is 5.84. The molecule has 0 saturated carbocycles. The zero-order valence-corrected chi connectivity index (χ0v) is 18.5. The fourth-order valence-electron chi connectivity index (χ4n) is 3.52. The molecule has 0 saturated heterocycles. The van der Waals surface area contributed by atoms with Crippen LogP contribution in [-0.4, -0.2) is 50.1 Å². The molecule has 3 aromatic carbocycles. The molecule has 0 aliphatic rings. The number of nitrogens with zero attached hydrogens (tertiary/aromatic N) is 2. The lowest BCUT2D eigenvalue weighted by molar-refractivity contribution is -0.131. The van der Waals surface area contributed by atoms with Gasteiger partial charge >= 0.3 is 0 Å². The Balaban J connectivity index is 1.62. The number of rotatable bonds is 9. The second-order valence-electron chi connectivity index (χ2n) is 7.57. The number of benzene rings is 3. The third-order valence-corrected chi connectivity index (χ3v) is 5.39. The number of likely N-dealkylation sites (N-methyl/N-ethyl adjacent to an activating group) is 2. The average molecular weight is 425 g/mol. The van der Waals surface area contributed by atoms with Crippen LogP contribution in [0.3, 0.4) is 0 Å². The van der Waals surface area contributed by atoms with Crippen LogP contribution in [0.25, 0.3) is 10.8 Å². The van der Waals surface area contributed by atoms with Crippen molar-refractivity contribution in [2.45, 2.75) is 20.0 Å². The van der Waals surface area contributed by atoms with Gasteiger partial charge in [-0.25, -0.2) is 4.39 Å². The zero-order valence-electron chi connectivity index (χ0n) is 18.5. The molecule has 5 nitrogen and oxygen atoms in total. The number of ether oxygens (including phenoxy) is 2. The second kappa shape index (κ2) is 10.3. The van der Waals surface area contributed by atoms with Gasteiger partial charge in [-0.3, -0.25) is 9.69 Å². The fraction of sp³-hybridized carbons (Fsp3) is 0.320. The normalized spacial score (nSPS) is 11.0. The van der Waals surface area contributed by atoms with Crippen LogP contribution in [0.15, 0.2) is 54.6 Å². The number of carbonyl (C=O) groups excluding carboxylic acids is 1. The van der Waals surface area contributed by atoms with E-state index in [-0.39, 0.29) is 18.2 Å². The number of fused-ring (bicyclic) bond motifs is 1. The Labute approximate surface area is 183 Å². The third kappa shape index (κ3) is 5.73. The van der Waals surface area contributed by atoms with E-state index in [9.17, 15) is 9.18 Å². The minimum atomic E-state index is -0.395. The first-order chi connectivity index (χ1) is 14.9. The van der Waals surface area contributed by atoms with E-state index < -0.39 is 5.82 Å². The Morgan fingerprint density at radius 1 is 0.903 bits per heavy atom. The molecule has 6 heteroatoms. The predicted molar refractivity (Wildman–Crippen MR) is 121 cm³/mol. The molecule has 31 heavy (non-hydrogen) atoms. The van der Waals surface area contributed by atoms with E-state index in [0.717, 1.165) is 27.6 Å². The summed E-state index contributed by atoms with van der Waals surface area (Å²) in [6.07, 6.45) is 0. The van der Waals surface area contributed by atoms with Gasteiger partial charge < -0.3 is 14.4 Å². The van der Waals surface area contributed by atoms with Crippen LogP contribution in [0, 0.1) is 5.82 Å². The molecular formula is C25H29FN2O3. The quantitative estimate of drug-likeness (QED) is 0.508. The molecule has 0 aliphatic heterocycles. The molecule has 0 radical (unpaired) electrons. The summed E-state index contributed by atoms with van der Waals surface area (Å²) >= 11 is 0. The molecule has 0 aromatic heterocycles. The number of halogens is 1. The third-order valence-electron chi connectivity index (χ3n) is 5.39. The highest BCUT2D eigenvalue weighted by Crippen LogP contribution is 2.22. The number of hydrogen-bond acceptors (Lipinski definition) is 4. The first kappa shape index (κ1) is 22.6. The second-order valence-corrected chi connectivity index (χ2v) is 7.57. The highest BCUT2D eigenvalue weighted by Gasteiger charge is 2.15. The van der Waals surface area contributed by atoms with E-state index in [1.807, 2.05) is 48.2 Å². The molecule has 0 spiro atoms. The highest BCUT2D eigenvalue weighted by atomic mass is 19.1. The van der Waals surface area contributed by atoms with Crippen LogP contribution >= 0.6 is 0 Å². The summed E-state index contributed by atoms with van der Waals surface area (Å²) < 4.78 is 24.2. The molecule has 0 heterocycles. The van der Waals surface area contributed by atoms with Crippen LogP contribution in [-0.2, 0) is 17.9 Å². The maximum Gasteiger partial charge on any atom is 0.236 e. The topological polar surface area (TPSA) is 42.0 Å². The summed E-state index contributed by atoms with van der Waals surface area (Å²) in [7, 11) is 4.90. The fourth-order valence-corrected chi connectivity index (χ4v) is 3.52. The average Bonchev–Trinajstić information content (AvgIpc) is 2.78. The van der Waals surface area contributed by atoms with Crippen molar-refractivity contribution >= 4 is 16.7 Å². The van der Waals surface area contributed by atoms with Crippen LogP contribution in [0.1, 0.15) is 18.1 Å². The van der Waals surface area contributed by atoms with Gasteiger partial charge in [-0.1, -0.05) is 31.2 Å². The molecule has 164 valence electrons. The van der Waals surface area contributed by atoms with Crippen LogP contribution in [0.5, 0.6) is 11.5 Å². The lowest BCUT2D eigenvalue weighted by Gasteiger charge is -2.24. The van der Waals surface area contributed by atoms with Crippen molar-refractivity contribution in [1.29, 1.82) is 0 Å². The standard InChI is InChI=1S/C25H29FN2O3/c1-5-28(16-19-7-11-24(31-4)23(26)13-19)17-25(29)27(2)15-18-6-8-21-14-22(30-3)10-9-20(21)12-18/h6-14H,5,15-17H2,1-4H3. The molecule has 0 N–H and O–H groups in total. The van der Waals surface area contributed by atoms with Crippen molar-refractivity contribution in [3.63, 3.8) is 0 Å². The Morgan fingerprint density at radius 3 is 2.26 bits per heavy atom. The summed E-state index contributed by atoms with van der Waals surface area (Å²) in [5, 5.41) is 2.21. The first-order valence-electron chi connectivity index (χ1n) is 10.3. The van der Waals surface area contributed by atoms with Crippen LogP contribution in [0.2, 0.25) is 0 Å². The van der Waals surface area contributed by atoms with Gasteiger partial charge in [0.1, 0.15) is 5.75 Å². The van der Waals surface area contributed by atoms with E-state index in [0.29, 0.717) is 19.6 Å². The summed E-state index contributed by atoms with van der Waals surface area (Å²) in [5.74, 6) is 0.666. The molecule has 0 bridgehead atoms. The summed E-state index contributed by atoms with van der Waals surface area (Å²) in [4.78, 5) is 16.5. The Kier molecular flexibility index (Phi) is 7.47. The minimum Gasteiger partial charge on any atom is -0.497 e. The van der Waals surface area contributed by atoms with Crippen LogP contribution < -0.4 is 9.47 Å². The molecule has 1 amide bonds. The lowest BCUT2D eigenvalue weighted by atomic mass is 10.1. The number of amides is 1. The Bertz CT molecular complexity index is 1050. The monoisotopic (exact) mass is 424 g/mol. The van der Waals surface area contributed by atoms with E-state index in [1.165, 1.54) is 13.2 Å². The summed E-state index contributed by atoms with van der Waals surface area (Å²) in [6.45, 7) is 3.96. The number of carbonyl (C=O) groups is 1. The van der Waals surface area contributed by atoms with Crippen LogP contribution in [0.4, 0.5) is 4.39 Å². The Hall–Kier alpha value is -3.12. The van der Waals surface area contributed by atoms with E-state index in [4.69, 9.17) is 9.47 Å². The molecule has 3 aromatic rings. The largest absolute Gasteiger partial charge is 0.497 e. The lowest BCUT2D eigenvalue weighted by Crippen LogP contribution is -2.37. The smallest absolute Gasteiger partial charge is 0.236 e. The molecule has 0 aliphatic carbocycles. The molecule has 0 fully saturated rings. The molecule has 0 atom stereocenters. The maximum atomic E-state index is 14.0. The minimum absolute atomic E-state index is 0.0191. The molecular weight excluding hydrogens is 395 g/mol. The van der Waals surface area contributed by atoms with Gasteiger partial charge in [0.2, 0.25) is 5.91 Å². The van der Waals surface area contributed by atoms with Gasteiger partial charge in [0.05, 0.1) is 20.8 Å². The predicted octanol–water partition coefficient (Wildman–Crippen LogP) is 4.48. The SMILES string of the molecule is CCN(CC(=O)N(C)Cc1ccc2cc(OC)ccc2c1)Cc1ccc(OC)c(F)c1. The Morgan fingerprint density at radius 2 is 1.58 bits per heavy atom. The van der Waals surface area contributed by atoms with Crippen molar-refractivity contribution in [1.82, 2.24) is 9.80 Å².